The Kier molecular flexibility index (Phi) is 8.46. The Labute approximate surface area is 209 Å². The summed E-state index contributed by atoms with van der Waals surface area (Å²) in [6.45, 7) is 6.61. The molecule has 1 amide bonds. The van der Waals surface area contributed by atoms with E-state index in [0.29, 0.717) is 31.3 Å². The predicted octanol–water partition coefficient (Wildman–Crippen LogP) is 4.03. The highest BCUT2D eigenvalue weighted by Crippen LogP contribution is 2.27. The van der Waals surface area contributed by atoms with Gasteiger partial charge in [0, 0.05) is 26.2 Å². The van der Waals surface area contributed by atoms with E-state index in [1.54, 1.807) is 6.07 Å². The maximum Gasteiger partial charge on any atom is 0.255 e. The van der Waals surface area contributed by atoms with Crippen LogP contribution in [0.4, 0.5) is 0 Å². The van der Waals surface area contributed by atoms with Crippen LogP contribution in [0.5, 0.6) is 5.75 Å². The molecule has 2 aromatic carbocycles. The summed E-state index contributed by atoms with van der Waals surface area (Å²) in [5.74, 6) is 0.533. The average molecular weight is 500 g/mol. The van der Waals surface area contributed by atoms with Crippen molar-refractivity contribution in [3.63, 3.8) is 0 Å². The van der Waals surface area contributed by atoms with Crippen molar-refractivity contribution in [3.05, 3.63) is 59.2 Å². The smallest absolute Gasteiger partial charge is 0.255 e. The number of benzene rings is 2. The molecule has 0 aromatic heterocycles. The fourth-order valence-corrected chi connectivity index (χ4v) is 6.41. The molecule has 0 unspecified atom stereocenters. The van der Waals surface area contributed by atoms with Gasteiger partial charge in [0.15, 0.2) is 0 Å². The van der Waals surface area contributed by atoms with Crippen molar-refractivity contribution >= 4 is 15.9 Å². The van der Waals surface area contributed by atoms with Gasteiger partial charge in [-0.05, 0) is 74.0 Å². The van der Waals surface area contributed by atoms with Gasteiger partial charge in [-0.25, -0.2) is 8.42 Å². The van der Waals surface area contributed by atoms with Gasteiger partial charge in [0.05, 0.1) is 17.6 Å². The molecule has 190 valence electrons. The van der Waals surface area contributed by atoms with Crippen LogP contribution in [0.1, 0.15) is 60.5 Å². The van der Waals surface area contributed by atoms with Crippen LogP contribution in [0, 0.1) is 5.92 Å². The van der Waals surface area contributed by atoms with Crippen LogP contribution in [0.2, 0.25) is 0 Å². The zero-order valence-electron chi connectivity index (χ0n) is 20.8. The van der Waals surface area contributed by atoms with E-state index in [1.807, 2.05) is 18.2 Å². The van der Waals surface area contributed by atoms with Crippen molar-refractivity contribution in [2.24, 2.45) is 5.92 Å². The first-order chi connectivity index (χ1) is 16.9. The van der Waals surface area contributed by atoms with Gasteiger partial charge in [-0.2, -0.15) is 4.31 Å². The van der Waals surface area contributed by atoms with Gasteiger partial charge in [-0.3, -0.25) is 9.69 Å². The molecule has 1 N–H and O–H groups in total. The van der Waals surface area contributed by atoms with Crippen LogP contribution >= 0.6 is 0 Å². The number of nitrogens with zero attached hydrogens (tertiary/aromatic N) is 2. The minimum atomic E-state index is -3.66. The quantitative estimate of drug-likeness (QED) is 0.593. The molecule has 0 bridgehead atoms. The molecule has 0 atom stereocenters. The summed E-state index contributed by atoms with van der Waals surface area (Å²) in [5.41, 5.74) is 2.50. The molecule has 2 saturated heterocycles. The third-order valence-corrected chi connectivity index (χ3v) is 9.09. The molecule has 2 aliphatic heterocycles. The van der Waals surface area contributed by atoms with Crippen molar-refractivity contribution in [3.8, 4) is 5.75 Å². The summed E-state index contributed by atoms with van der Waals surface area (Å²) < 4.78 is 33.4. The maximum atomic E-state index is 13.2. The molecule has 2 aliphatic rings. The maximum absolute atomic E-state index is 13.2. The lowest BCUT2D eigenvalue weighted by Gasteiger charge is -2.29. The number of amides is 1. The average Bonchev–Trinajstić information content (AvgIpc) is 2.88. The van der Waals surface area contributed by atoms with Gasteiger partial charge < -0.3 is 10.1 Å². The molecule has 0 radical (unpaired) electrons. The number of hydrogen-bond donors (Lipinski definition) is 1. The first-order valence-corrected chi connectivity index (χ1v) is 14.1. The van der Waals surface area contributed by atoms with Crippen LogP contribution in [-0.4, -0.2) is 56.8 Å². The van der Waals surface area contributed by atoms with Crippen molar-refractivity contribution in [1.82, 2.24) is 14.5 Å². The minimum absolute atomic E-state index is 0.128. The van der Waals surface area contributed by atoms with Crippen LogP contribution in [-0.2, 0) is 23.1 Å². The van der Waals surface area contributed by atoms with Crippen molar-refractivity contribution in [1.29, 1.82) is 0 Å². The monoisotopic (exact) mass is 499 g/mol. The van der Waals surface area contributed by atoms with Gasteiger partial charge in [0.25, 0.3) is 5.91 Å². The normalized spacial score (nSPS) is 18.3. The van der Waals surface area contributed by atoms with Crippen LogP contribution in [0.25, 0.3) is 0 Å². The molecule has 0 spiro atoms. The Morgan fingerprint density at radius 2 is 1.69 bits per heavy atom. The molecule has 8 heteroatoms. The SMILES string of the molecule is COc1ccc(S(=O)(=O)N2CCC(C)CC2)cc1C(=O)NCc1ccccc1CN1CCCCC1. The van der Waals surface area contributed by atoms with Gasteiger partial charge in [-0.15, -0.1) is 0 Å². The first-order valence-electron chi connectivity index (χ1n) is 12.6. The van der Waals surface area contributed by atoms with E-state index >= 15 is 0 Å². The van der Waals surface area contributed by atoms with E-state index in [4.69, 9.17) is 4.74 Å². The van der Waals surface area contributed by atoms with Crippen molar-refractivity contribution in [2.45, 2.75) is 57.0 Å². The van der Waals surface area contributed by atoms with E-state index in [1.165, 1.54) is 48.4 Å². The molecule has 35 heavy (non-hydrogen) atoms. The Balaban J connectivity index is 1.49. The third kappa shape index (κ3) is 6.23. The largest absolute Gasteiger partial charge is 0.496 e. The van der Waals surface area contributed by atoms with E-state index in [9.17, 15) is 13.2 Å². The fourth-order valence-electron chi connectivity index (χ4n) is 4.91. The van der Waals surface area contributed by atoms with E-state index < -0.39 is 10.0 Å². The fraction of sp³-hybridized carbons (Fsp3) is 0.519. The van der Waals surface area contributed by atoms with Gasteiger partial charge in [-0.1, -0.05) is 37.6 Å². The van der Waals surface area contributed by atoms with Gasteiger partial charge in [0.2, 0.25) is 10.0 Å². The van der Waals surface area contributed by atoms with E-state index in [0.717, 1.165) is 38.0 Å². The van der Waals surface area contributed by atoms with Crippen molar-refractivity contribution < 1.29 is 17.9 Å². The topological polar surface area (TPSA) is 79.0 Å². The molecular formula is C27H37N3O4S. The zero-order chi connectivity index (χ0) is 24.8. The summed E-state index contributed by atoms with van der Waals surface area (Å²) in [6, 6.07) is 12.7. The lowest BCUT2D eigenvalue weighted by Crippen LogP contribution is -2.38. The van der Waals surface area contributed by atoms with Crippen molar-refractivity contribution in [2.75, 3.05) is 33.3 Å². The van der Waals surface area contributed by atoms with E-state index in [-0.39, 0.29) is 16.4 Å². The number of likely N-dealkylation sites (tertiary alicyclic amines) is 1. The molecule has 0 aliphatic carbocycles. The molecular weight excluding hydrogens is 462 g/mol. The number of carbonyl (C=O) groups excluding carboxylic acids is 1. The van der Waals surface area contributed by atoms with E-state index in [2.05, 4.69) is 23.2 Å². The number of sulfonamides is 1. The van der Waals surface area contributed by atoms with Crippen LogP contribution in [0.3, 0.4) is 0 Å². The molecule has 2 heterocycles. The second-order valence-corrected chi connectivity index (χ2v) is 11.7. The number of rotatable bonds is 8. The standard InChI is InChI=1S/C27H37N3O4S/c1-21-12-16-30(17-13-21)35(32,33)24-10-11-26(34-2)25(18-24)27(31)28-19-22-8-4-5-9-23(22)20-29-14-6-3-7-15-29/h4-5,8-11,18,21H,3,6-7,12-17,19-20H2,1-2H3,(H,28,31). The molecule has 2 aromatic rings. The van der Waals surface area contributed by atoms with Crippen LogP contribution in [0.15, 0.2) is 47.4 Å². The Morgan fingerprint density at radius 3 is 2.37 bits per heavy atom. The summed E-state index contributed by atoms with van der Waals surface area (Å²) in [4.78, 5) is 15.8. The molecule has 7 nitrogen and oxygen atoms in total. The highest BCUT2D eigenvalue weighted by atomic mass is 32.2. The number of hydrogen-bond acceptors (Lipinski definition) is 5. The summed E-state index contributed by atoms with van der Waals surface area (Å²) in [5, 5.41) is 2.99. The predicted molar refractivity (Wildman–Crippen MR) is 137 cm³/mol. The lowest BCUT2D eigenvalue weighted by atomic mass is 10.0. The number of ether oxygens (including phenoxy) is 1. The van der Waals surface area contributed by atoms with Gasteiger partial charge >= 0.3 is 0 Å². The second kappa shape index (κ2) is 11.5. The Bertz CT molecular complexity index is 1120. The second-order valence-electron chi connectivity index (χ2n) is 9.74. The molecule has 4 rings (SSSR count). The molecule has 2 fully saturated rings. The van der Waals surface area contributed by atoms with Gasteiger partial charge in [0.1, 0.15) is 5.75 Å². The third-order valence-electron chi connectivity index (χ3n) is 7.20. The Hall–Kier alpha value is -2.42. The van der Waals surface area contributed by atoms with Crippen LogP contribution < -0.4 is 10.1 Å². The lowest BCUT2D eigenvalue weighted by molar-refractivity contribution is 0.0947. The summed E-state index contributed by atoms with van der Waals surface area (Å²) in [6.07, 6.45) is 5.45. The number of methoxy groups -OCH3 is 1. The summed E-state index contributed by atoms with van der Waals surface area (Å²) in [7, 11) is -2.18. The highest BCUT2D eigenvalue weighted by molar-refractivity contribution is 7.89. The minimum Gasteiger partial charge on any atom is -0.496 e. The zero-order valence-corrected chi connectivity index (χ0v) is 21.6. The number of carbonyl (C=O) groups is 1. The first kappa shape index (κ1) is 25.7. The molecule has 0 saturated carbocycles. The number of nitrogens with one attached hydrogen (secondary N) is 1. The Morgan fingerprint density at radius 1 is 1.00 bits per heavy atom. The highest BCUT2D eigenvalue weighted by Gasteiger charge is 2.29. The number of piperidine rings is 2. The summed E-state index contributed by atoms with van der Waals surface area (Å²) >= 11 is 0.